The van der Waals surface area contributed by atoms with Gasteiger partial charge in [-0.2, -0.15) is 0 Å². The maximum Gasteiger partial charge on any atom is 0.314 e. The molecular weight excluding hydrogens is 292 g/mol. The van der Waals surface area contributed by atoms with Gasteiger partial charge in [0, 0.05) is 6.42 Å². The molecule has 128 valence electrons. The number of carbonyl (C=O) groups excluding carboxylic acids is 1. The highest BCUT2D eigenvalue weighted by Crippen LogP contribution is 2.29. The molecule has 0 spiro atoms. The lowest BCUT2D eigenvalue weighted by molar-refractivity contribution is -0.140. The van der Waals surface area contributed by atoms with Crippen molar-refractivity contribution >= 4 is 11.9 Å². The van der Waals surface area contributed by atoms with E-state index in [1.807, 2.05) is 26.0 Å². The smallest absolute Gasteiger partial charge is 0.314 e. The van der Waals surface area contributed by atoms with Crippen LogP contribution in [0.4, 0.5) is 0 Å². The first-order valence-corrected chi connectivity index (χ1v) is 8.57. The summed E-state index contributed by atoms with van der Waals surface area (Å²) in [6, 6.07) is 7.10. The molecular formula is C19H28O4. The zero-order valence-corrected chi connectivity index (χ0v) is 14.4. The minimum absolute atomic E-state index is 0.0212. The van der Waals surface area contributed by atoms with Crippen LogP contribution in [0.2, 0.25) is 0 Å². The Labute approximate surface area is 138 Å². The maximum absolute atomic E-state index is 12.1. The fraction of sp³-hybridized carbons (Fsp3) is 0.579. The second-order valence-corrected chi connectivity index (χ2v) is 5.92. The lowest BCUT2D eigenvalue weighted by Crippen LogP contribution is -2.24. The molecule has 4 heteroatoms. The summed E-state index contributed by atoms with van der Waals surface area (Å²) in [4.78, 5) is 22.6. The third-order valence-electron chi connectivity index (χ3n) is 4.12. The van der Waals surface area contributed by atoms with Crippen LogP contribution in [0.1, 0.15) is 58.4 Å². The predicted octanol–water partition coefficient (Wildman–Crippen LogP) is 4.46. The van der Waals surface area contributed by atoms with Gasteiger partial charge in [0.2, 0.25) is 0 Å². The van der Waals surface area contributed by atoms with E-state index < -0.39 is 5.97 Å². The van der Waals surface area contributed by atoms with Gasteiger partial charge in [-0.15, -0.1) is 0 Å². The lowest BCUT2D eigenvalue weighted by Gasteiger charge is -2.24. The van der Waals surface area contributed by atoms with Crippen LogP contribution in [0.25, 0.3) is 0 Å². The predicted molar refractivity (Wildman–Crippen MR) is 90.5 cm³/mol. The van der Waals surface area contributed by atoms with Crippen LogP contribution in [0.15, 0.2) is 24.3 Å². The normalized spacial score (nSPS) is 20.1. The van der Waals surface area contributed by atoms with E-state index in [0.717, 1.165) is 31.2 Å². The summed E-state index contributed by atoms with van der Waals surface area (Å²) in [5, 5.41) is 8.64. The molecule has 0 atom stereocenters. The molecule has 0 heterocycles. The molecule has 0 radical (unpaired) electrons. The molecule has 1 N–H and O–H groups in total. The van der Waals surface area contributed by atoms with E-state index in [1.54, 1.807) is 12.1 Å². The molecule has 1 aromatic carbocycles. The number of benzene rings is 1. The number of carboxylic acid groups (broad SMARTS) is 1. The zero-order chi connectivity index (χ0) is 17.2. The van der Waals surface area contributed by atoms with Crippen LogP contribution in [-0.2, 0) is 16.0 Å². The van der Waals surface area contributed by atoms with Gasteiger partial charge in [-0.25, -0.2) is 0 Å². The number of rotatable bonds is 5. The number of carbonyl (C=O) groups is 2. The van der Waals surface area contributed by atoms with Crippen molar-refractivity contribution in [2.24, 2.45) is 11.8 Å². The third kappa shape index (κ3) is 6.85. The largest absolute Gasteiger partial charge is 0.481 e. The third-order valence-corrected chi connectivity index (χ3v) is 4.12. The summed E-state index contributed by atoms with van der Waals surface area (Å²) >= 11 is 0. The molecule has 0 amide bonds. The molecule has 4 nitrogen and oxygen atoms in total. The lowest BCUT2D eigenvalue weighted by atomic mass is 9.83. The van der Waals surface area contributed by atoms with Gasteiger partial charge in [0.25, 0.3) is 0 Å². The average Bonchev–Trinajstić information content (AvgIpc) is 2.56. The Bertz CT molecular complexity index is 485. The first kappa shape index (κ1) is 19.2. The maximum atomic E-state index is 12.1. The summed E-state index contributed by atoms with van der Waals surface area (Å²) in [5.74, 6) is 0.324. The summed E-state index contributed by atoms with van der Waals surface area (Å²) in [7, 11) is 0. The van der Waals surface area contributed by atoms with Crippen molar-refractivity contribution in [2.45, 2.75) is 59.3 Å². The molecule has 1 saturated carbocycles. The second-order valence-electron chi connectivity index (χ2n) is 5.92. The molecule has 0 bridgehead atoms. The first-order valence-electron chi connectivity index (χ1n) is 8.57. The van der Waals surface area contributed by atoms with Crippen LogP contribution in [0.3, 0.4) is 0 Å². The molecule has 1 aliphatic carbocycles. The van der Waals surface area contributed by atoms with Crippen molar-refractivity contribution in [3.8, 4) is 5.75 Å². The molecule has 23 heavy (non-hydrogen) atoms. The quantitative estimate of drug-likeness (QED) is 0.642. The Morgan fingerprint density at radius 1 is 1.09 bits per heavy atom. The SMILES string of the molecule is CC.CC1CCC(C(=O)Oc2ccc(CCC(=O)O)cc2)CC1. The average molecular weight is 320 g/mol. The van der Waals surface area contributed by atoms with Crippen molar-refractivity contribution < 1.29 is 19.4 Å². The van der Waals surface area contributed by atoms with Crippen molar-refractivity contribution in [3.63, 3.8) is 0 Å². The molecule has 0 unspecified atom stereocenters. The second kappa shape index (κ2) is 10.0. The van der Waals surface area contributed by atoms with Crippen molar-refractivity contribution in [1.82, 2.24) is 0 Å². The fourth-order valence-corrected chi connectivity index (χ4v) is 2.67. The topological polar surface area (TPSA) is 63.6 Å². The summed E-state index contributed by atoms with van der Waals surface area (Å²) in [5.41, 5.74) is 0.934. The van der Waals surface area contributed by atoms with Crippen molar-refractivity contribution in [2.75, 3.05) is 0 Å². The number of carboxylic acids is 1. The molecule has 0 aromatic heterocycles. The standard InChI is InChI=1S/C17H22O4.C2H6/c1-12-2-7-14(8-3-12)17(20)21-15-9-4-13(5-10-15)6-11-16(18)19;1-2/h4-5,9-10,12,14H,2-3,6-8,11H2,1H3,(H,18,19);1-2H3. The van der Waals surface area contributed by atoms with Crippen LogP contribution in [0, 0.1) is 11.8 Å². The van der Waals surface area contributed by atoms with E-state index in [0.29, 0.717) is 18.1 Å². The van der Waals surface area contributed by atoms with Gasteiger partial charge in [-0.3, -0.25) is 9.59 Å². The minimum Gasteiger partial charge on any atom is -0.481 e. The van der Waals surface area contributed by atoms with Gasteiger partial charge >= 0.3 is 11.9 Å². The Balaban J connectivity index is 0.00000127. The van der Waals surface area contributed by atoms with Gasteiger partial charge in [-0.1, -0.05) is 32.9 Å². The summed E-state index contributed by atoms with van der Waals surface area (Å²) < 4.78 is 5.41. The van der Waals surface area contributed by atoms with E-state index in [-0.39, 0.29) is 18.3 Å². The van der Waals surface area contributed by atoms with E-state index in [9.17, 15) is 9.59 Å². The Kier molecular flexibility index (Phi) is 8.38. The molecule has 0 saturated heterocycles. The number of hydrogen-bond donors (Lipinski definition) is 1. The number of hydrogen-bond acceptors (Lipinski definition) is 3. The first-order chi connectivity index (χ1) is 11.0. The van der Waals surface area contributed by atoms with Gasteiger partial charge < -0.3 is 9.84 Å². The van der Waals surface area contributed by atoms with Crippen LogP contribution < -0.4 is 4.74 Å². The number of esters is 1. The fourth-order valence-electron chi connectivity index (χ4n) is 2.67. The van der Waals surface area contributed by atoms with Crippen LogP contribution >= 0.6 is 0 Å². The molecule has 0 aliphatic heterocycles. The minimum atomic E-state index is -0.808. The zero-order valence-electron chi connectivity index (χ0n) is 14.4. The van der Waals surface area contributed by atoms with E-state index in [1.165, 1.54) is 0 Å². The van der Waals surface area contributed by atoms with E-state index >= 15 is 0 Å². The van der Waals surface area contributed by atoms with Crippen LogP contribution in [0.5, 0.6) is 5.75 Å². The van der Waals surface area contributed by atoms with Gasteiger partial charge in [0.1, 0.15) is 5.75 Å². The highest BCUT2D eigenvalue weighted by Gasteiger charge is 2.25. The summed E-state index contributed by atoms with van der Waals surface area (Å²) in [6.07, 6.45) is 4.61. The van der Waals surface area contributed by atoms with Gasteiger partial charge in [0.05, 0.1) is 5.92 Å². The van der Waals surface area contributed by atoms with Crippen molar-refractivity contribution in [1.29, 1.82) is 0 Å². The Hall–Kier alpha value is -1.84. The Morgan fingerprint density at radius 3 is 2.17 bits per heavy atom. The Morgan fingerprint density at radius 2 is 1.65 bits per heavy atom. The van der Waals surface area contributed by atoms with Crippen LogP contribution in [-0.4, -0.2) is 17.0 Å². The van der Waals surface area contributed by atoms with Crippen molar-refractivity contribution in [3.05, 3.63) is 29.8 Å². The van der Waals surface area contributed by atoms with E-state index in [4.69, 9.17) is 9.84 Å². The van der Waals surface area contributed by atoms with Gasteiger partial charge in [-0.05, 0) is 55.7 Å². The molecule has 1 aliphatic rings. The number of aryl methyl sites for hydroxylation is 1. The highest BCUT2D eigenvalue weighted by molar-refractivity contribution is 5.75. The molecule has 1 aromatic rings. The molecule has 2 rings (SSSR count). The van der Waals surface area contributed by atoms with E-state index in [2.05, 4.69) is 6.92 Å². The number of aliphatic carboxylic acids is 1. The number of ether oxygens (including phenoxy) is 1. The summed E-state index contributed by atoms with van der Waals surface area (Å²) in [6.45, 7) is 6.22. The highest BCUT2D eigenvalue weighted by atomic mass is 16.5. The monoisotopic (exact) mass is 320 g/mol. The molecule has 1 fully saturated rings. The van der Waals surface area contributed by atoms with Gasteiger partial charge in [0.15, 0.2) is 0 Å².